The lowest BCUT2D eigenvalue weighted by Gasteiger charge is -2.07. The summed E-state index contributed by atoms with van der Waals surface area (Å²) in [7, 11) is 3.15. The van der Waals surface area contributed by atoms with Gasteiger partial charge in [-0.05, 0) is 24.3 Å². The molecule has 1 aromatic carbocycles. The molecule has 2 atom stereocenters. The Labute approximate surface area is 114 Å². The largest absolute Gasteiger partial charge is 0.469 e. The molecule has 0 radical (unpaired) electrons. The zero-order valence-corrected chi connectivity index (χ0v) is 11.5. The quantitative estimate of drug-likeness (QED) is 0.738. The summed E-state index contributed by atoms with van der Waals surface area (Å²) < 4.78 is 9.96. The highest BCUT2D eigenvalue weighted by Crippen LogP contribution is 2.46. The Morgan fingerprint density at radius 2 is 2.00 bits per heavy atom. The van der Waals surface area contributed by atoms with Crippen LogP contribution in [0.15, 0.2) is 35.9 Å². The van der Waals surface area contributed by atoms with Crippen LogP contribution in [-0.4, -0.2) is 26.8 Å². The maximum absolute atomic E-state index is 11.5. The molecule has 0 heterocycles. The standard InChI is InChI=1S/C16H20O3/c1-18-9-8-13(10-12-6-4-3-5-7-12)14-11-15(14)16(17)19-2/h3-7,10,14-15H,8-9,11H2,1-2H3/b13-10+/t14-,15+/m0/s1. The molecule has 0 unspecified atom stereocenters. The van der Waals surface area contributed by atoms with E-state index >= 15 is 0 Å². The second kappa shape index (κ2) is 6.53. The summed E-state index contributed by atoms with van der Waals surface area (Å²) >= 11 is 0. The van der Waals surface area contributed by atoms with Crippen molar-refractivity contribution in [1.82, 2.24) is 0 Å². The minimum absolute atomic E-state index is 0.0387. The fourth-order valence-corrected chi connectivity index (χ4v) is 2.36. The highest BCUT2D eigenvalue weighted by atomic mass is 16.5. The van der Waals surface area contributed by atoms with Crippen molar-refractivity contribution in [3.05, 3.63) is 41.5 Å². The number of methoxy groups -OCH3 is 2. The summed E-state index contributed by atoms with van der Waals surface area (Å²) in [6.07, 6.45) is 3.94. The van der Waals surface area contributed by atoms with Gasteiger partial charge in [-0.25, -0.2) is 0 Å². The van der Waals surface area contributed by atoms with Crippen molar-refractivity contribution in [2.45, 2.75) is 12.8 Å². The molecule has 1 fully saturated rings. The van der Waals surface area contributed by atoms with E-state index in [4.69, 9.17) is 9.47 Å². The van der Waals surface area contributed by atoms with E-state index in [9.17, 15) is 4.79 Å². The highest BCUT2D eigenvalue weighted by molar-refractivity contribution is 5.77. The van der Waals surface area contributed by atoms with Crippen LogP contribution in [0, 0.1) is 11.8 Å². The van der Waals surface area contributed by atoms with Gasteiger partial charge in [0, 0.05) is 13.7 Å². The molecule has 1 aliphatic rings. The van der Waals surface area contributed by atoms with Gasteiger partial charge >= 0.3 is 5.97 Å². The second-order valence-electron chi connectivity index (χ2n) is 4.84. The van der Waals surface area contributed by atoms with Crippen molar-refractivity contribution in [1.29, 1.82) is 0 Å². The van der Waals surface area contributed by atoms with Gasteiger partial charge in [0.2, 0.25) is 0 Å². The third-order valence-corrected chi connectivity index (χ3v) is 3.52. The number of hydrogen-bond donors (Lipinski definition) is 0. The first-order valence-corrected chi connectivity index (χ1v) is 6.58. The van der Waals surface area contributed by atoms with E-state index in [1.807, 2.05) is 18.2 Å². The molecule has 0 amide bonds. The number of benzene rings is 1. The Hall–Kier alpha value is -1.61. The van der Waals surface area contributed by atoms with E-state index in [1.165, 1.54) is 18.2 Å². The van der Waals surface area contributed by atoms with Crippen molar-refractivity contribution >= 4 is 12.0 Å². The van der Waals surface area contributed by atoms with Crippen molar-refractivity contribution in [3.63, 3.8) is 0 Å². The number of carbonyl (C=O) groups excluding carboxylic acids is 1. The summed E-state index contributed by atoms with van der Waals surface area (Å²) in [5.41, 5.74) is 2.45. The molecule has 2 rings (SSSR count). The SMILES string of the molecule is COCC/C(=C\c1ccccc1)[C@@H]1C[C@H]1C(=O)OC. The zero-order valence-electron chi connectivity index (χ0n) is 11.5. The Morgan fingerprint density at radius 3 is 2.63 bits per heavy atom. The molecule has 0 spiro atoms. The monoisotopic (exact) mass is 260 g/mol. The molecule has 3 nitrogen and oxygen atoms in total. The molecule has 0 aromatic heterocycles. The molecule has 1 aromatic rings. The molecule has 0 bridgehead atoms. The summed E-state index contributed by atoms with van der Waals surface area (Å²) in [6, 6.07) is 10.2. The first-order valence-electron chi connectivity index (χ1n) is 6.58. The van der Waals surface area contributed by atoms with E-state index < -0.39 is 0 Å². The summed E-state index contributed by atoms with van der Waals surface area (Å²) in [5.74, 6) is 0.265. The second-order valence-corrected chi connectivity index (χ2v) is 4.84. The number of ether oxygens (including phenoxy) is 2. The van der Waals surface area contributed by atoms with Crippen molar-refractivity contribution < 1.29 is 14.3 Å². The molecule has 1 saturated carbocycles. The molecule has 0 saturated heterocycles. The zero-order chi connectivity index (χ0) is 13.7. The molecule has 102 valence electrons. The first-order chi connectivity index (χ1) is 9.26. The average molecular weight is 260 g/mol. The van der Waals surface area contributed by atoms with Crippen molar-refractivity contribution in [2.24, 2.45) is 11.8 Å². The topological polar surface area (TPSA) is 35.5 Å². The Kier molecular flexibility index (Phi) is 4.74. The van der Waals surface area contributed by atoms with Gasteiger partial charge in [0.15, 0.2) is 0 Å². The van der Waals surface area contributed by atoms with Gasteiger partial charge in [-0.2, -0.15) is 0 Å². The Balaban J connectivity index is 2.09. The van der Waals surface area contributed by atoms with Crippen LogP contribution in [0.3, 0.4) is 0 Å². The van der Waals surface area contributed by atoms with Crippen molar-refractivity contribution in [2.75, 3.05) is 20.8 Å². The van der Waals surface area contributed by atoms with Crippen LogP contribution in [0.2, 0.25) is 0 Å². The number of hydrogen-bond acceptors (Lipinski definition) is 3. The van der Waals surface area contributed by atoms with Gasteiger partial charge < -0.3 is 9.47 Å². The number of esters is 1. The lowest BCUT2D eigenvalue weighted by molar-refractivity contribution is -0.142. The van der Waals surface area contributed by atoms with Crippen LogP contribution in [-0.2, 0) is 14.3 Å². The van der Waals surface area contributed by atoms with E-state index in [-0.39, 0.29) is 11.9 Å². The van der Waals surface area contributed by atoms with Crippen LogP contribution in [0.5, 0.6) is 0 Å². The third-order valence-electron chi connectivity index (χ3n) is 3.52. The fraction of sp³-hybridized carbons (Fsp3) is 0.438. The van der Waals surface area contributed by atoms with Gasteiger partial charge in [-0.15, -0.1) is 0 Å². The van der Waals surface area contributed by atoms with Crippen LogP contribution in [0.1, 0.15) is 18.4 Å². The normalized spacial score (nSPS) is 22.1. The first kappa shape index (κ1) is 13.8. The highest BCUT2D eigenvalue weighted by Gasteiger charge is 2.45. The molecule has 1 aliphatic carbocycles. The van der Waals surface area contributed by atoms with Gasteiger partial charge in [0.1, 0.15) is 0 Å². The van der Waals surface area contributed by atoms with Gasteiger partial charge in [0.05, 0.1) is 13.0 Å². The van der Waals surface area contributed by atoms with Crippen molar-refractivity contribution in [3.8, 4) is 0 Å². The van der Waals surface area contributed by atoms with Crippen LogP contribution < -0.4 is 0 Å². The number of carbonyl (C=O) groups is 1. The minimum atomic E-state index is -0.0959. The van der Waals surface area contributed by atoms with Crippen LogP contribution in [0.4, 0.5) is 0 Å². The van der Waals surface area contributed by atoms with Gasteiger partial charge in [-0.3, -0.25) is 4.79 Å². The maximum atomic E-state index is 11.5. The smallest absolute Gasteiger partial charge is 0.309 e. The fourth-order valence-electron chi connectivity index (χ4n) is 2.36. The molecule has 0 N–H and O–H groups in total. The van der Waals surface area contributed by atoms with Crippen LogP contribution >= 0.6 is 0 Å². The summed E-state index contributed by atoms with van der Waals surface area (Å²) in [4.78, 5) is 11.5. The lowest BCUT2D eigenvalue weighted by atomic mass is 10.0. The molecular formula is C16H20O3. The Morgan fingerprint density at radius 1 is 1.26 bits per heavy atom. The molecule has 0 aliphatic heterocycles. The van der Waals surface area contributed by atoms with Gasteiger partial charge in [0.25, 0.3) is 0 Å². The molecular weight excluding hydrogens is 240 g/mol. The average Bonchev–Trinajstić information content (AvgIpc) is 3.24. The summed E-state index contributed by atoms with van der Waals surface area (Å²) in [6.45, 7) is 0.684. The number of rotatable bonds is 6. The van der Waals surface area contributed by atoms with E-state index in [2.05, 4.69) is 18.2 Å². The maximum Gasteiger partial charge on any atom is 0.309 e. The minimum Gasteiger partial charge on any atom is -0.469 e. The van der Waals surface area contributed by atoms with Gasteiger partial charge in [-0.1, -0.05) is 42.0 Å². The Bertz CT molecular complexity index is 450. The lowest BCUT2D eigenvalue weighted by Crippen LogP contribution is -2.06. The van der Waals surface area contributed by atoms with Crippen LogP contribution in [0.25, 0.3) is 6.08 Å². The predicted molar refractivity (Wildman–Crippen MR) is 74.5 cm³/mol. The van der Waals surface area contributed by atoms with E-state index in [1.54, 1.807) is 7.11 Å². The predicted octanol–water partition coefficient (Wildman–Crippen LogP) is 2.92. The van der Waals surface area contributed by atoms with E-state index in [0.29, 0.717) is 12.5 Å². The third kappa shape index (κ3) is 3.67. The molecule has 19 heavy (non-hydrogen) atoms. The molecule has 3 heteroatoms. The summed E-state index contributed by atoms with van der Waals surface area (Å²) in [5, 5.41) is 0. The van der Waals surface area contributed by atoms with E-state index in [0.717, 1.165) is 12.8 Å².